The van der Waals surface area contributed by atoms with Crippen LogP contribution < -0.4 is 5.32 Å². The number of fused-ring (bicyclic) bond motifs is 15. The molecule has 31 heteroatoms. The Morgan fingerprint density at radius 2 is 0.956 bits per heavy atom. The molecule has 4 fully saturated rings. The van der Waals surface area contributed by atoms with Gasteiger partial charge in [0.25, 0.3) is 11.9 Å². The van der Waals surface area contributed by atoms with E-state index in [1.807, 2.05) is 25.1 Å². The van der Waals surface area contributed by atoms with E-state index in [1.165, 1.54) is 61.5 Å². The second-order valence-electron chi connectivity index (χ2n) is 32.2. The summed E-state index contributed by atoms with van der Waals surface area (Å²) in [5.41, 5.74) is 5.96. The molecular weight excluding hydrogens is 1470 g/mol. The van der Waals surface area contributed by atoms with Gasteiger partial charge in [0, 0.05) is 68.4 Å². The van der Waals surface area contributed by atoms with Crippen LogP contribution in [-0.2, 0) is 37.0 Å². The second kappa shape index (κ2) is 27.4. The SMILES string of the molecule is C=S1(=O)CC[C@@H](c2ncn(-c3nccc([C@@]45CC[C@@H](c6cc(-c7c(F)cccc7F)nnc64)C5(C)C)n3)n2)C1.CC(=O)Nc1ncc(-c2nccc([C@@]34CC[C@@H](c5cc(-c6c(F)cccc6F)nnc53)C4(C)C)n2)cn1.C[C@@H](CO)Cc1ncn(-c2nccc([C@@]34CC[C@@H](c5cc(-c6c(F)cccc6F)nnc53)C4(C)C)n2)n1. The molecule has 1 amide bonds. The number of carbonyl (C=O) groups excluding carboxylic acids is 1. The Balaban J connectivity index is 0.000000123. The van der Waals surface area contributed by atoms with Crippen LogP contribution in [0.25, 0.3) is 57.1 Å². The third-order valence-electron chi connectivity index (χ3n) is 25.3. The first-order valence-electron chi connectivity index (χ1n) is 37.4. The molecule has 6 bridgehead atoms. The molecule has 0 radical (unpaired) electrons. The first-order chi connectivity index (χ1) is 54.1. The zero-order chi connectivity index (χ0) is 79.1. The largest absolute Gasteiger partial charge is 0.396 e. The summed E-state index contributed by atoms with van der Waals surface area (Å²) in [6.07, 6.45) is 17.9. The Morgan fingerprint density at radius 1 is 0.549 bits per heavy atom. The van der Waals surface area contributed by atoms with E-state index in [1.54, 1.807) is 71.2 Å². The van der Waals surface area contributed by atoms with Gasteiger partial charge in [-0.3, -0.25) is 14.3 Å². The number of aliphatic hydroxyl groups is 1. The van der Waals surface area contributed by atoms with E-state index >= 15 is 0 Å². The lowest BCUT2D eigenvalue weighted by molar-refractivity contribution is -0.114. The highest BCUT2D eigenvalue weighted by Gasteiger charge is 2.68. The fraction of sp³-hybridized carbons (Fsp3) is 0.366. The molecule has 24 nitrogen and oxygen atoms in total. The highest BCUT2D eigenvalue weighted by Crippen LogP contribution is 2.72. The predicted molar refractivity (Wildman–Crippen MR) is 405 cm³/mol. The van der Waals surface area contributed by atoms with Crippen LogP contribution in [0.2, 0.25) is 0 Å². The van der Waals surface area contributed by atoms with Crippen molar-refractivity contribution in [3.63, 3.8) is 0 Å². The highest BCUT2D eigenvalue weighted by molar-refractivity contribution is 8.00. The molecule has 576 valence electrons. The van der Waals surface area contributed by atoms with Gasteiger partial charge in [-0.05, 0) is 190 Å². The van der Waals surface area contributed by atoms with E-state index in [2.05, 4.69) is 128 Å². The number of hydrogen-bond donors (Lipinski definition) is 2. The van der Waals surface area contributed by atoms with Gasteiger partial charge in [-0.15, -0.1) is 25.5 Å². The molecule has 7 aliphatic rings. The highest BCUT2D eigenvalue weighted by atomic mass is 32.2. The number of halogens is 6. The smallest absolute Gasteiger partial charge is 0.252 e. The zero-order valence-corrected chi connectivity index (χ0v) is 63.8. The zero-order valence-electron chi connectivity index (χ0n) is 63.0. The van der Waals surface area contributed by atoms with Crippen LogP contribution in [0, 0.1) is 57.1 Å². The van der Waals surface area contributed by atoms with Gasteiger partial charge in [-0.2, -0.15) is 24.7 Å². The molecule has 0 spiro atoms. The number of carbonyl (C=O) groups is 1. The fourth-order valence-corrected chi connectivity index (χ4v) is 21.5. The standard InChI is InChI=1S/C28H27F2N7OS.C27H27F2N7O.C27H23F2N7O/c1-27(2)18-7-10-28(27,24-17(18)13-21(34-35-24)23-19(29)5-4-6-20(23)30)22-8-11-31-26(33-22)37-15-32-25(36-37)16-9-12-39(3,38)14-16;1-15(13-37)11-22-31-14-36(35-22)25-30-10-8-21(32-25)27-9-7-17(26(27,2)3)16-12-20(33-34-24(16)27)23-18(28)5-4-6-19(23)29;1-14(37)33-25-31-12-15(13-32-25)24-30-10-8-21(34-24)27-9-7-17(26(27,2)3)16-11-20(35-36-23(16)27)22-18(28)5-4-6-19(22)29/h4-6,8,11,13,15-16,18H,3,7,9-10,12,14H2,1-2H3;4-6,8,10,12,14-15,17,37H,7,9,11,13H2,1-3H3;4-6,8,10-13,17H,7,9H2,1-3H3,(H,31,32,33,37)/t16-,18+,28+,39?;15-,17+,27+;17-,27-/m110/s1. The average Bonchev–Trinajstić information content (AvgIpc) is 1.53. The lowest BCUT2D eigenvalue weighted by atomic mass is 9.66. The Labute approximate surface area is 645 Å². The van der Waals surface area contributed by atoms with Crippen molar-refractivity contribution in [3.05, 3.63) is 232 Å². The molecule has 113 heavy (non-hydrogen) atoms. The van der Waals surface area contributed by atoms with E-state index in [0.717, 1.165) is 95.8 Å². The number of nitrogens with one attached hydrogen (secondary N) is 1. The molecular formula is C82H77F6N21O3S. The van der Waals surface area contributed by atoms with Crippen LogP contribution in [0.1, 0.15) is 187 Å². The normalized spacial score (nSPS) is 24.1. The average molecular weight is 1550 g/mol. The van der Waals surface area contributed by atoms with Crippen LogP contribution in [0.15, 0.2) is 135 Å². The van der Waals surface area contributed by atoms with Gasteiger partial charge in [0.1, 0.15) is 47.6 Å². The van der Waals surface area contributed by atoms with Crippen molar-refractivity contribution in [2.45, 2.75) is 147 Å². The Bertz CT molecular complexity index is 5890. The molecule has 12 aromatic rings. The van der Waals surface area contributed by atoms with Gasteiger partial charge in [0.2, 0.25) is 11.9 Å². The summed E-state index contributed by atoms with van der Waals surface area (Å²) in [7, 11) is -2.07. The van der Waals surface area contributed by atoms with Crippen LogP contribution in [0.5, 0.6) is 0 Å². The maximum Gasteiger partial charge on any atom is 0.252 e. The third-order valence-corrected chi connectivity index (χ3v) is 27.3. The number of aromatic nitrogens is 20. The van der Waals surface area contributed by atoms with Crippen molar-refractivity contribution in [1.82, 2.24) is 100.0 Å². The Kier molecular flexibility index (Phi) is 18.0. The summed E-state index contributed by atoms with van der Waals surface area (Å²) in [6.45, 7) is 16.5. The molecule has 1 aliphatic heterocycles. The van der Waals surface area contributed by atoms with Gasteiger partial charge < -0.3 is 5.11 Å². The number of aliphatic hydroxyl groups excluding tert-OH is 1. The third kappa shape index (κ3) is 11.8. The van der Waals surface area contributed by atoms with Crippen molar-refractivity contribution in [3.8, 4) is 57.1 Å². The maximum atomic E-state index is 14.6. The van der Waals surface area contributed by atoms with Crippen molar-refractivity contribution in [1.29, 1.82) is 0 Å². The minimum Gasteiger partial charge on any atom is -0.396 e. The second-order valence-corrected chi connectivity index (χ2v) is 34.9. The van der Waals surface area contributed by atoms with E-state index in [9.17, 15) is 40.5 Å². The number of hydrogen-bond acceptors (Lipinski definition) is 21. The summed E-state index contributed by atoms with van der Waals surface area (Å²) in [4.78, 5) is 56.6. The van der Waals surface area contributed by atoms with Crippen molar-refractivity contribution < 1.29 is 40.5 Å². The molecule has 6 aliphatic carbocycles. The lowest BCUT2D eigenvalue weighted by Gasteiger charge is -2.37. The molecule has 3 aromatic carbocycles. The Hall–Kier alpha value is -11.5. The number of rotatable bonds is 14. The van der Waals surface area contributed by atoms with E-state index in [-0.39, 0.29) is 98.1 Å². The molecule has 19 rings (SSSR count). The summed E-state index contributed by atoms with van der Waals surface area (Å²) in [5.74, 6) is 3.82. The predicted octanol–water partition coefficient (Wildman–Crippen LogP) is 13.2. The summed E-state index contributed by atoms with van der Waals surface area (Å²) in [5, 5.41) is 47.7. The first kappa shape index (κ1) is 74.3. The van der Waals surface area contributed by atoms with Crippen molar-refractivity contribution >= 4 is 27.2 Å². The van der Waals surface area contributed by atoms with Gasteiger partial charge >= 0.3 is 0 Å². The van der Waals surface area contributed by atoms with Crippen molar-refractivity contribution in [2.24, 2.45) is 22.2 Å². The molecule has 1 unspecified atom stereocenters. The number of anilines is 1. The molecule has 10 heterocycles. The van der Waals surface area contributed by atoms with Crippen LogP contribution >= 0.6 is 0 Å². The van der Waals surface area contributed by atoms with Gasteiger partial charge in [-0.1, -0.05) is 66.7 Å². The Morgan fingerprint density at radius 3 is 1.36 bits per heavy atom. The molecule has 9 atom stereocenters. The van der Waals surface area contributed by atoms with Gasteiger partial charge in [-0.25, -0.2) is 76.2 Å². The van der Waals surface area contributed by atoms with Gasteiger partial charge in [0.15, 0.2) is 17.5 Å². The molecule has 3 saturated carbocycles. The van der Waals surface area contributed by atoms with Crippen molar-refractivity contribution in [2.75, 3.05) is 23.4 Å². The summed E-state index contributed by atoms with van der Waals surface area (Å²) < 4.78 is 103. The maximum absolute atomic E-state index is 14.6. The molecule has 9 aromatic heterocycles. The molecule has 1 saturated heterocycles. The van der Waals surface area contributed by atoms with Gasteiger partial charge in [0.05, 0.1) is 89.7 Å². The van der Waals surface area contributed by atoms with Crippen LogP contribution in [0.4, 0.5) is 32.3 Å². The number of benzene rings is 3. The van der Waals surface area contributed by atoms with E-state index in [4.69, 9.17) is 15.0 Å². The summed E-state index contributed by atoms with van der Waals surface area (Å²) >= 11 is 0. The van der Waals surface area contributed by atoms with Crippen LogP contribution in [0.3, 0.4) is 0 Å². The topological polar surface area (TPSA) is 308 Å². The lowest BCUT2D eigenvalue weighted by Crippen LogP contribution is -2.38. The fourth-order valence-electron chi connectivity index (χ4n) is 19.6. The van der Waals surface area contributed by atoms with E-state index in [0.29, 0.717) is 52.9 Å². The molecule has 2 N–H and O–H groups in total. The monoisotopic (exact) mass is 1550 g/mol. The summed E-state index contributed by atoms with van der Waals surface area (Å²) in [6, 6.07) is 22.5. The quantitative estimate of drug-likeness (QED) is 0.0755. The van der Waals surface area contributed by atoms with Crippen LogP contribution in [-0.4, -0.2) is 139 Å². The minimum atomic E-state index is -2.07. The first-order valence-corrected chi connectivity index (χ1v) is 39.5. The number of amides is 1. The van der Waals surface area contributed by atoms with E-state index < -0.39 is 60.7 Å². The number of nitrogens with zero attached hydrogens (tertiary/aromatic N) is 20. The minimum absolute atomic E-state index is 0.0121.